The zero-order valence-corrected chi connectivity index (χ0v) is 24.2. The highest BCUT2D eigenvalue weighted by Gasteiger charge is 2.35. The second-order valence-corrected chi connectivity index (χ2v) is 12.9. The van der Waals surface area contributed by atoms with E-state index < -0.39 is 22.2 Å². The quantitative estimate of drug-likeness (QED) is 0.443. The molecule has 2 aromatic carbocycles. The highest BCUT2D eigenvalue weighted by atomic mass is 32.2. The third-order valence-corrected chi connectivity index (χ3v) is 9.59. The number of fused-ring (bicyclic) bond motifs is 1. The molecular weight excluding hydrogens is 532 g/mol. The van der Waals surface area contributed by atoms with Crippen molar-refractivity contribution in [2.45, 2.75) is 69.0 Å². The lowest BCUT2D eigenvalue weighted by molar-refractivity contribution is 0.0387. The molecule has 0 saturated heterocycles. The normalized spacial score (nSPS) is 21.1. The number of anilines is 1. The number of hydrogen-bond donors (Lipinski definition) is 3. The molecule has 0 bridgehead atoms. The van der Waals surface area contributed by atoms with Crippen molar-refractivity contribution in [1.29, 1.82) is 0 Å². The average molecular weight is 573 g/mol. The molecule has 40 heavy (non-hydrogen) atoms. The Morgan fingerprint density at radius 2 is 1.85 bits per heavy atom. The first kappa shape index (κ1) is 29.8. The van der Waals surface area contributed by atoms with E-state index in [1.165, 1.54) is 17.8 Å². The minimum Gasteiger partial charge on any atom is -0.488 e. The van der Waals surface area contributed by atoms with E-state index in [2.05, 4.69) is 10.6 Å². The lowest BCUT2D eigenvalue weighted by atomic mass is 9.96. The monoisotopic (exact) mass is 572 g/mol. The molecule has 1 aliphatic carbocycles. The number of likely N-dealkylation sites (N-methyl/N-ethyl adjacent to an activating group) is 1. The van der Waals surface area contributed by atoms with Gasteiger partial charge in [0.25, 0.3) is 5.91 Å². The Hall–Kier alpha value is -3.15. The summed E-state index contributed by atoms with van der Waals surface area (Å²) in [6.45, 7) is 3.73. The third kappa shape index (κ3) is 6.94. The minimum absolute atomic E-state index is 0.0527. The molecule has 4 rings (SSSR count). The molecule has 3 atom stereocenters. The largest absolute Gasteiger partial charge is 0.488 e. The number of urea groups is 1. The molecule has 2 aromatic rings. The third-order valence-electron chi connectivity index (χ3n) is 7.75. The standard InChI is InChI=1S/C29H40N4O6S/c1-20-17-33(21(2)19-34)28(35)25-16-23(31-29(36)30-22-10-6-4-7-11-22)14-15-26(25)39-27(20)18-32(3)40(37,38)24-12-8-5-9-13-24/h5,8-9,12-16,20-22,27,34H,4,6-7,10-11,17-19H2,1-3H3,(H2,30,31,36)/t20-,21-,27+/m1/s1. The fourth-order valence-electron chi connectivity index (χ4n) is 5.24. The van der Waals surface area contributed by atoms with Crippen molar-refractivity contribution < 1.29 is 27.9 Å². The molecule has 0 radical (unpaired) electrons. The molecule has 2 aliphatic rings. The SMILES string of the molecule is C[C@@H]1CN([C@H](C)CO)C(=O)c2cc(NC(=O)NC3CCCCC3)ccc2O[C@H]1CN(C)S(=O)(=O)c1ccccc1. The van der Waals surface area contributed by atoms with E-state index in [1.54, 1.807) is 60.4 Å². The van der Waals surface area contributed by atoms with Crippen LogP contribution in [0, 0.1) is 5.92 Å². The van der Waals surface area contributed by atoms with Gasteiger partial charge in [0.2, 0.25) is 10.0 Å². The molecule has 3 amide bonds. The minimum atomic E-state index is -3.76. The van der Waals surface area contributed by atoms with Crippen LogP contribution in [0.4, 0.5) is 10.5 Å². The zero-order chi connectivity index (χ0) is 28.9. The van der Waals surface area contributed by atoms with Gasteiger partial charge in [-0.15, -0.1) is 0 Å². The number of carbonyl (C=O) groups excluding carboxylic acids is 2. The van der Waals surface area contributed by atoms with Gasteiger partial charge in [0.15, 0.2) is 0 Å². The number of aliphatic hydroxyl groups is 1. The Morgan fingerprint density at radius 1 is 1.15 bits per heavy atom. The van der Waals surface area contributed by atoms with Crippen LogP contribution in [0.2, 0.25) is 0 Å². The fourth-order valence-corrected chi connectivity index (χ4v) is 6.45. The molecule has 1 fully saturated rings. The number of sulfonamides is 1. The van der Waals surface area contributed by atoms with Crippen LogP contribution in [-0.2, 0) is 10.0 Å². The molecule has 0 aromatic heterocycles. The lowest BCUT2D eigenvalue weighted by Gasteiger charge is -2.38. The van der Waals surface area contributed by atoms with Crippen molar-refractivity contribution in [2.75, 3.05) is 32.1 Å². The maximum Gasteiger partial charge on any atom is 0.319 e. The van der Waals surface area contributed by atoms with Crippen molar-refractivity contribution in [3.8, 4) is 5.75 Å². The van der Waals surface area contributed by atoms with Crippen LogP contribution >= 0.6 is 0 Å². The number of aliphatic hydroxyl groups excluding tert-OH is 1. The Morgan fingerprint density at radius 3 is 2.52 bits per heavy atom. The molecule has 3 N–H and O–H groups in total. The molecule has 0 unspecified atom stereocenters. The second kappa shape index (κ2) is 13.0. The van der Waals surface area contributed by atoms with Gasteiger partial charge >= 0.3 is 6.03 Å². The Bertz CT molecular complexity index is 1280. The Kier molecular flexibility index (Phi) is 9.70. The second-order valence-electron chi connectivity index (χ2n) is 10.9. The first-order chi connectivity index (χ1) is 19.1. The average Bonchev–Trinajstić information content (AvgIpc) is 2.95. The van der Waals surface area contributed by atoms with Crippen LogP contribution in [0.3, 0.4) is 0 Å². The molecule has 0 spiro atoms. The maximum atomic E-state index is 13.7. The van der Waals surface area contributed by atoms with Gasteiger partial charge in [0, 0.05) is 31.2 Å². The number of benzene rings is 2. The zero-order valence-electron chi connectivity index (χ0n) is 23.4. The van der Waals surface area contributed by atoms with Crippen molar-refractivity contribution in [2.24, 2.45) is 5.92 Å². The summed E-state index contributed by atoms with van der Waals surface area (Å²) in [7, 11) is -2.25. The summed E-state index contributed by atoms with van der Waals surface area (Å²) in [6.07, 6.45) is 4.68. The number of carbonyl (C=O) groups is 2. The summed E-state index contributed by atoms with van der Waals surface area (Å²) in [5, 5.41) is 15.7. The van der Waals surface area contributed by atoms with Crippen LogP contribution in [0.1, 0.15) is 56.3 Å². The number of nitrogens with one attached hydrogen (secondary N) is 2. The summed E-state index contributed by atoms with van der Waals surface area (Å²) in [5.74, 6) is -0.289. The van der Waals surface area contributed by atoms with E-state index in [-0.39, 0.29) is 54.1 Å². The molecule has 1 heterocycles. The van der Waals surface area contributed by atoms with Crippen molar-refractivity contribution in [3.05, 3.63) is 54.1 Å². The van der Waals surface area contributed by atoms with Crippen molar-refractivity contribution in [1.82, 2.24) is 14.5 Å². The van der Waals surface area contributed by atoms with Gasteiger partial charge < -0.3 is 25.4 Å². The van der Waals surface area contributed by atoms with Gasteiger partial charge in [0.05, 0.1) is 29.7 Å². The maximum absolute atomic E-state index is 13.7. The van der Waals surface area contributed by atoms with Crippen LogP contribution in [0.25, 0.3) is 0 Å². The number of amides is 3. The van der Waals surface area contributed by atoms with Crippen LogP contribution in [0.5, 0.6) is 5.75 Å². The smallest absolute Gasteiger partial charge is 0.319 e. The number of hydrogen-bond acceptors (Lipinski definition) is 6. The van der Waals surface area contributed by atoms with E-state index in [0.717, 1.165) is 25.7 Å². The van der Waals surface area contributed by atoms with E-state index in [9.17, 15) is 23.1 Å². The van der Waals surface area contributed by atoms with E-state index in [1.807, 2.05) is 6.92 Å². The summed E-state index contributed by atoms with van der Waals surface area (Å²) < 4.78 is 34.0. The molecule has 1 saturated carbocycles. The molecular formula is C29H40N4O6S. The predicted octanol–water partition coefficient (Wildman–Crippen LogP) is 3.68. The van der Waals surface area contributed by atoms with Crippen LogP contribution < -0.4 is 15.4 Å². The van der Waals surface area contributed by atoms with E-state index in [0.29, 0.717) is 11.4 Å². The van der Waals surface area contributed by atoms with Crippen LogP contribution in [0.15, 0.2) is 53.4 Å². The molecule has 218 valence electrons. The van der Waals surface area contributed by atoms with Gasteiger partial charge in [-0.1, -0.05) is 44.4 Å². The van der Waals surface area contributed by atoms with E-state index in [4.69, 9.17) is 4.74 Å². The number of rotatable bonds is 8. The van der Waals surface area contributed by atoms with E-state index >= 15 is 0 Å². The topological polar surface area (TPSA) is 128 Å². The van der Waals surface area contributed by atoms with Crippen molar-refractivity contribution in [3.63, 3.8) is 0 Å². The lowest BCUT2D eigenvalue weighted by Crippen LogP contribution is -2.50. The Balaban J connectivity index is 1.59. The van der Waals surface area contributed by atoms with Gasteiger partial charge in [0.1, 0.15) is 11.9 Å². The summed E-state index contributed by atoms with van der Waals surface area (Å²) in [6, 6.07) is 12.4. The molecule has 10 nitrogen and oxygen atoms in total. The number of ether oxygens (including phenoxy) is 1. The van der Waals surface area contributed by atoms with Crippen LogP contribution in [-0.4, -0.2) is 79.6 Å². The summed E-state index contributed by atoms with van der Waals surface area (Å²) in [4.78, 5) is 28.1. The highest BCUT2D eigenvalue weighted by molar-refractivity contribution is 7.89. The molecule has 1 aliphatic heterocycles. The van der Waals surface area contributed by atoms with Gasteiger partial charge in [-0.05, 0) is 50.1 Å². The summed E-state index contributed by atoms with van der Waals surface area (Å²) >= 11 is 0. The number of nitrogens with zero attached hydrogens (tertiary/aromatic N) is 2. The Labute approximate surface area is 236 Å². The van der Waals surface area contributed by atoms with Gasteiger partial charge in [-0.2, -0.15) is 4.31 Å². The predicted molar refractivity (Wildman–Crippen MR) is 153 cm³/mol. The first-order valence-electron chi connectivity index (χ1n) is 13.9. The van der Waals surface area contributed by atoms with Gasteiger partial charge in [-0.3, -0.25) is 4.79 Å². The fraction of sp³-hybridized carbons (Fsp3) is 0.517. The van der Waals surface area contributed by atoms with Crippen molar-refractivity contribution >= 4 is 27.6 Å². The first-order valence-corrected chi connectivity index (χ1v) is 15.4. The van der Waals surface area contributed by atoms with Gasteiger partial charge in [-0.25, -0.2) is 13.2 Å². The highest BCUT2D eigenvalue weighted by Crippen LogP contribution is 2.31. The summed E-state index contributed by atoms with van der Waals surface area (Å²) in [5.41, 5.74) is 0.677. The molecule has 11 heteroatoms.